The monoisotopic (exact) mass is 392 g/mol. The Kier molecular flexibility index (Phi) is 4.49. The molecule has 0 bridgehead atoms. The van der Waals surface area contributed by atoms with Gasteiger partial charge in [-0.15, -0.1) is 11.3 Å². The van der Waals surface area contributed by atoms with Gasteiger partial charge in [-0.3, -0.25) is 4.79 Å². The topological polar surface area (TPSA) is 51.7 Å². The maximum atomic E-state index is 12.7. The summed E-state index contributed by atoms with van der Waals surface area (Å²) in [5.41, 5.74) is 1.98. The van der Waals surface area contributed by atoms with Crippen LogP contribution >= 0.6 is 11.3 Å². The Bertz CT molecular complexity index is 1030. The fourth-order valence-electron chi connectivity index (χ4n) is 3.73. The van der Waals surface area contributed by atoms with Crippen molar-refractivity contribution in [1.82, 2.24) is 9.88 Å². The fourth-order valence-corrected chi connectivity index (χ4v) is 4.83. The van der Waals surface area contributed by atoms with E-state index in [0.717, 1.165) is 53.5 Å². The van der Waals surface area contributed by atoms with E-state index >= 15 is 0 Å². The molecule has 0 N–H and O–H groups in total. The van der Waals surface area contributed by atoms with Crippen LogP contribution in [0.2, 0.25) is 0 Å². The molecule has 0 saturated carbocycles. The molecule has 1 amide bonds. The van der Waals surface area contributed by atoms with Crippen LogP contribution in [0, 0.1) is 0 Å². The molecular weight excluding hydrogens is 372 g/mol. The molecule has 3 aromatic rings. The molecule has 1 fully saturated rings. The number of hydrogen-bond acceptors (Lipinski definition) is 5. The van der Waals surface area contributed by atoms with Crippen molar-refractivity contribution < 1.29 is 14.3 Å². The summed E-state index contributed by atoms with van der Waals surface area (Å²) >= 11 is 1.75. The van der Waals surface area contributed by atoms with Gasteiger partial charge in [0.15, 0.2) is 11.5 Å². The minimum absolute atomic E-state index is 0.0449. The minimum Gasteiger partial charge on any atom is -0.454 e. The zero-order valence-electron chi connectivity index (χ0n) is 15.3. The Labute approximate surface area is 167 Å². The number of ether oxygens (including phenoxy) is 2. The summed E-state index contributed by atoms with van der Waals surface area (Å²) in [6, 6.07) is 13.9. The third-order valence-corrected chi connectivity index (χ3v) is 6.41. The van der Waals surface area contributed by atoms with Crippen molar-refractivity contribution in [2.45, 2.75) is 18.8 Å². The van der Waals surface area contributed by atoms with Crippen molar-refractivity contribution in [3.05, 3.63) is 59.1 Å². The van der Waals surface area contributed by atoms with E-state index in [1.54, 1.807) is 17.4 Å². The van der Waals surface area contributed by atoms with Crippen molar-refractivity contribution >= 4 is 33.5 Å². The first-order chi connectivity index (χ1) is 13.8. The lowest BCUT2D eigenvalue weighted by molar-refractivity contribution is -0.127. The van der Waals surface area contributed by atoms with Crippen LogP contribution in [0.4, 0.5) is 0 Å². The molecule has 1 atom stereocenters. The van der Waals surface area contributed by atoms with E-state index < -0.39 is 0 Å². The number of fused-ring (bicyclic) bond motifs is 2. The number of aromatic nitrogens is 1. The maximum Gasteiger partial charge on any atom is 0.246 e. The van der Waals surface area contributed by atoms with Gasteiger partial charge in [0.25, 0.3) is 0 Å². The number of rotatable bonds is 3. The number of hydrogen-bond donors (Lipinski definition) is 0. The lowest BCUT2D eigenvalue weighted by atomic mass is 9.98. The van der Waals surface area contributed by atoms with Crippen LogP contribution in [-0.2, 0) is 4.79 Å². The Hall–Kier alpha value is -2.86. The predicted molar refractivity (Wildman–Crippen MR) is 110 cm³/mol. The third kappa shape index (κ3) is 3.36. The Morgan fingerprint density at radius 3 is 3.00 bits per heavy atom. The molecule has 0 radical (unpaired) electrons. The number of likely N-dealkylation sites (tertiary alicyclic amines) is 1. The number of carbonyl (C=O) groups is 1. The molecule has 1 aromatic heterocycles. The van der Waals surface area contributed by atoms with Crippen LogP contribution in [-0.4, -0.2) is 35.7 Å². The van der Waals surface area contributed by atoms with Gasteiger partial charge in [0, 0.05) is 25.1 Å². The first kappa shape index (κ1) is 17.3. The second-order valence-corrected chi connectivity index (χ2v) is 8.15. The average Bonchev–Trinajstić information content (AvgIpc) is 3.38. The van der Waals surface area contributed by atoms with Gasteiger partial charge in [-0.2, -0.15) is 0 Å². The largest absolute Gasteiger partial charge is 0.454 e. The molecule has 142 valence electrons. The number of amides is 1. The SMILES string of the molecule is O=C(/C=C/c1ccc2c(c1)OCO2)N1CCC[C@@H](c2nc3ccccc3s2)C1. The first-order valence-electron chi connectivity index (χ1n) is 9.48. The van der Waals surface area contributed by atoms with Gasteiger partial charge in [-0.1, -0.05) is 18.2 Å². The standard InChI is InChI=1S/C22H20N2O3S/c25-21(10-8-15-7-9-18-19(12-15)27-14-26-18)24-11-3-4-16(13-24)22-23-17-5-1-2-6-20(17)28-22/h1-2,5-10,12,16H,3-4,11,13-14H2/b10-8+/t16-/m1/s1. The van der Waals surface area contributed by atoms with Crippen molar-refractivity contribution in [3.8, 4) is 11.5 Å². The van der Waals surface area contributed by atoms with Crippen molar-refractivity contribution in [1.29, 1.82) is 0 Å². The van der Waals surface area contributed by atoms with Crippen LogP contribution in [0.15, 0.2) is 48.5 Å². The average molecular weight is 392 g/mol. The van der Waals surface area contributed by atoms with Gasteiger partial charge in [-0.05, 0) is 48.7 Å². The first-order valence-corrected chi connectivity index (χ1v) is 10.3. The predicted octanol–water partition coefficient (Wildman–Crippen LogP) is 4.44. The van der Waals surface area contributed by atoms with E-state index in [1.807, 2.05) is 41.3 Å². The van der Waals surface area contributed by atoms with Crippen molar-refractivity contribution in [2.75, 3.05) is 19.9 Å². The molecule has 0 unspecified atom stereocenters. The molecule has 1 saturated heterocycles. The highest BCUT2D eigenvalue weighted by Gasteiger charge is 2.26. The molecule has 0 spiro atoms. The number of nitrogens with zero attached hydrogens (tertiary/aromatic N) is 2. The van der Waals surface area contributed by atoms with Crippen molar-refractivity contribution in [3.63, 3.8) is 0 Å². The normalized spacial score (nSPS) is 18.9. The van der Waals surface area contributed by atoms with Gasteiger partial charge in [0.2, 0.25) is 12.7 Å². The molecule has 2 aromatic carbocycles. The summed E-state index contributed by atoms with van der Waals surface area (Å²) in [5, 5.41) is 1.14. The molecule has 2 aliphatic heterocycles. The molecular formula is C22H20N2O3S. The van der Waals surface area contributed by atoms with Crippen LogP contribution in [0.25, 0.3) is 16.3 Å². The number of benzene rings is 2. The molecule has 5 nitrogen and oxygen atoms in total. The number of para-hydroxylation sites is 1. The highest BCUT2D eigenvalue weighted by molar-refractivity contribution is 7.18. The fraction of sp³-hybridized carbons (Fsp3) is 0.273. The zero-order chi connectivity index (χ0) is 18.9. The van der Waals surface area contributed by atoms with Gasteiger partial charge in [0.1, 0.15) is 0 Å². The van der Waals surface area contributed by atoms with Gasteiger partial charge < -0.3 is 14.4 Å². The molecule has 3 heterocycles. The van der Waals surface area contributed by atoms with E-state index in [2.05, 4.69) is 12.1 Å². The summed E-state index contributed by atoms with van der Waals surface area (Å²) < 4.78 is 11.9. The number of thiazole rings is 1. The second kappa shape index (κ2) is 7.28. The molecule has 6 heteroatoms. The van der Waals surface area contributed by atoms with E-state index in [9.17, 15) is 4.79 Å². The highest BCUT2D eigenvalue weighted by Crippen LogP contribution is 2.34. The lowest BCUT2D eigenvalue weighted by Crippen LogP contribution is -2.38. The number of piperidine rings is 1. The molecule has 5 rings (SSSR count). The summed E-state index contributed by atoms with van der Waals surface area (Å²) in [6.45, 7) is 1.78. The van der Waals surface area contributed by atoms with Crippen molar-refractivity contribution in [2.24, 2.45) is 0 Å². The zero-order valence-corrected chi connectivity index (χ0v) is 16.2. The Morgan fingerprint density at radius 2 is 2.07 bits per heavy atom. The third-order valence-electron chi connectivity index (χ3n) is 5.21. The molecule has 28 heavy (non-hydrogen) atoms. The van der Waals surface area contributed by atoms with E-state index in [1.165, 1.54) is 4.70 Å². The summed E-state index contributed by atoms with van der Waals surface area (Å²) in [7, 11) is 0. The maximum absolute atomic E-state index is 12.7. The second-order valence-electron chi connectivity index (χ2n) is 7.09. The van der Waals surface area contributed by atoms with Crippen LogP contribution in [0.1, 0.15) is 29.3 Å². The summed E-state index contributed by atoms with van der Waals surface area (Å²) in [6.07, 6.45) is 5.57. The minimum atomic E-state index is 0.0449. The summed E-state index contributed by atoms with van der Waals surface area (Å²) in [4.78, 5) is 19.4. The Balaban J connectivity index is 1.28. The Morgan fingerprint density at radius 1 is 1.18 bits per heavy atom. The number of carbonyl (C=O) groups excluding carboxylic acids is 1. The van der Waals surface area contributed by atoms with Crippen LogP contribution in [0.5, 0.6) is 11.5 Å². The van der Waals surface area contributed by atoms with Gasteiger partial charge in [0.05, 0.1) is 15.2 Å². The molecule has 0 aliphatic carbocycles. The van der Waals surface area contributed by atoms with E-state index in [4.69, 9.17) is 14.5 Å². The quantitative estimate of drug-likeness (QED) is 0.618. The summed E-state index contributed by atoms with van der Waals surface area (Å²) in [5.74, 6) is 1.83. The highest BCUT2D eigenvalue weighted by atomic mass is 32.1. The van der Waals surface area contributed by atoms with Crippen LogP contribution < -0.4 is 9.47 Å². The lowest BCUT2D eigenvalue weighted by Gasteiger charge is -2.31. The van der Waals surface area contributed by atoms with E-state index in [-0.39, 0.29) is 12.7 Å². The van der Waals surface area contributed by atoms with Gasteiger partial charge >= 0.3 is 0 Å². The van der Waals surface area contributed by atoms with Crippen LogP contribution in [0.3, 0.4) is 0 Å². The van der Waals surface area contributed by atoms with E-state index in [0.29, 0.717) is 5.92 Å². The molecule has 2 aliphatic rings. The van der Waals surface area contributed by atoms with Gasteiger partial charge in [-0.25, -0.2) is 4.98 Å². The smallest absolute Gasteiger partial charge is 0.246 e.